The van der Waals surface area contributed by atoms with E-state index in [4.69, 9.17) is 0 Å². The van der Waals surface area contributed by atoms with Gasteiger partial charge in [-0.15, -0.1) is 0 Å². The van der Waals surface area contributed by atoms with Crippen LogP contribution in [0.5, 0.6) is 0 Å². The van der Waals surface area contributed by atoms with Gasteiger partial charge in [-0.05, 0) is 94.6 Å². The van der Waals surface area contributed by atoms with Crippen LogP contribution in [0.25, 0.3) is 0 Å². The standard InChI is InChI=1S/C30H36BrN3O4S/c1-20(2)32-30(36)24(6)33(18-25-10-12-26(31)13-11-25)29(35)19-34(27-14-9-22(4)23(5)17-27)39(37,38)28-15-7-21(3)8-16-28/h7-17,20,24H,18-19H2,1-6H3,(H,32,36)/t24-/m0/s1. The molecule has 2 amide bonds. The molecule has 0 aliphatic rings. The van der Waals surface area contributed by atoms with Gasteiger partial charge < -0.3 is 10.2 Å². The Bertz CT molecular complexity index is 1420. The van der Waals surface area contributed by atoms with Crippen LogP contribution in [0.1, 0.15) is 43.0 Å². The average molecular weight is 615 g/mol. The molecule has 7 nitrogen and oxygen atoms in total. The summed E-state index contributed by atoms with van der Waals surface area (Å²) in [4.78, 5) is 28.4. The van der Waals surface area contributed by atoms with Crippen molar-refractivity contribution in [2.45, 2.75) is 65.1 Å². The molecule has 0 saturated heterocycles. The van der Waals surface area contributed by atoms with Crippen molar-refractivity contribution in [2.75, 3.05) is 10.8 Å². The summed E-state index contributed by atoms with van der Waals surface area (Å²) in [5.41, 5.74) is 4.03. The van der Waals surface area contributed by atoms with Crippen LogP contribution in [0, 0.1) is 20.8 Å². The molecule has 0 heterocycles. The Morgan fingerprint density at radius 1 is 0.872 bits per heavy atom. The number of nitrogens with one attached hydrogen (secondary N) is 1. The number of rotatable bonds is 10. The van der Waals surface area contributed by atoms with E-state index in [1.54, 1.807) is 43.3 Å². The Hall–Kier alpha value is -3.17. The van der Waals surface area contributed by atoms with Crippen LogP contribution in [-0.4, -0.2) is 43.8 Å². The smallest absolute Gasteiger partial charge is 0.264 e. The molecule has 0 unspecified atom stereocenters. The molecule has 3 aromatic carbocycles. The lowest BCUT2D eigenvalue weighted by atomic mass is 10.1. The molecule has 0 spiro atoms. The number of carbonyl (C=O) groups is 2. The van der Waals surface area contributed by atoms with Gasteiger partial charge in [0, 0.05) is 17.1 Å². The van der Waals surface area contributed by atoms with Crippen molar-refractivity contribution in [3.8, 4) is 0 Å². The van der Waals surface area contributed by atoms with Gasteiger partial charge in [0.2, 0.25) is 11.8 Å². The summed E-state index contributed by atoms with van der Waals surface area (Å²) in [7, 11) is -4.09. The number of halogens is 1. The number of hydrogen-bond acceptors (Lipinski definition) is 4. The summed E-state index contributed by atoms with van der Waals surface area (Å²) >= 11 is 3.42. The number of aryl methyl sites for hydroxylation is 3. The number of amides is 2. The maximum absolute atomic E-state index is 13.9. The minimum atomic E-state index is -4.09. The zero-order valence-electron chi connectivity index (χ0n) is 23.2. The van der Waals surface area contributed by atoms with Crippen LogP contribution >= 0.6 is 15.9 Å². The minimum Gasteiger partial charge on any atom is -0.352 e. The third-order valence-corrected chi connectivity index (χ3v) is 8.85. The molecule has 0 saturated carbocycles. The van der Waals surface area contributed by atoms with E-state index in [9.17, 15) is 18.0 Å². The Balaban J connectivity index is 2.05. The van der Waals surface area contributed by atoms with Gasteiger partial charge in [-0.3, -0.25) is 13.9 Å². The molecular formula is C30H36BrN3O4S. The Labute approximate surface area is 240 Å². The summed E-state index contributed by atoms with van der Waals surface area (Å²) in [6, 6.07) is 18.4. The molecular weight excluding hydrogens is 578 g/mol. The van der Waals surface area contributed by atoms with Crippen molar-refractivity contribution in [1.29, 1.82) is 0 Å². The van der Waals surface area contributed by atoms with Gasteiger partial charge in [-0.1, -0.05) is 51.8 Å². The lowest BCUT2D eigenvalue weighted by molar-refractivity contribution is -0.139. The lowest BCUT2D eigenvalue weighted by Gasteiger charge is -2.32. The molecule has 39 heavy (non-hydrogen) atoms. The summed E-state index contributed by atoms with van der Waals surface area (Å²) in [6.07, 6.45) is 0. The van der Waals surface area contributed by atoms with Crippen LogP contribution in [0.4, 0.5) is 5.69 Å². The van der Waals surface area contributed by atoms with Gasteiger partial charge in [0.05, 0.1) is 10.6 Å². The van der Waals surface area contributed by atoms with Gasteiger partial charge in [0.25, 0.3) is 10.0 Å². The molecule has 3 rings (SSSR count). The molecule has 1 atom stereocenters. The van der Waals surface area contributed by atoms with Crippen molar-refractivity contribution >= 4 is 43.5 Å². The molecule has 9 heteroatoms. The maximum atomic E-state index is 13.9. The molecule has 208 valence electrons. The Kier molecular flexibility index (Phi) is 9.96. The van der Waals surface area contributed by atoms with E-state index >= 15 is 0 Å². The molecule has 0 aliphatic carbocycles. The Morgan fingerprint density at radius 3 is 2.05 bits per heavy atom. The fourth-order valence-electron chi connectivity index (χ4n) is 4.02. The summed E-state index contributed by atoms with van der Waals surface area (Å²) in [5.74, 6) is -0.798. The average Bonchev–Trinajstić information content (AvgIpc) is 2.88. The van der Waals surface area contributed by atoms with E-state index in [0.717, 1.165) is 31.0 Å². The van der Waals surface area contributed by atoms with Crippen molar-refractivity contribution in [3.05, 3.63) is 93.5 Å². The second kappa shape index (κ2) is 12.8. The number of benzene rings is 3. The predicted molar refractivity (Wildman–Crippen MR) is 159 cm³/mol. The highest BCUT2D eigenvalue weighted by molar-refractivity contribution is 9.10. The number of sulfonamides is 1. The number of nitrogens with zero attached hydrogens (tertiary/aromatic N) is 2. The third kappa shape index (κ3) is 7.70. The van der Waals surface area contributed by atoms with Crippen LogP contribution in [0.15, 0.2) is 76.1 Å². The fourth-order valence-corrected chi connectivity index (χ4v) is 5.69. The van der Waals surface area contributed by atoms with Crippen LogP contribution in [0.3, 0.4) is 0 Å². The lowest BCUT2D eigenvalue weighted by Crippen LogP contribution is -2.52. The van der Waals surface area contributed by atoms with Crippen molar-refractivity contribution < 1.29 is 18.0 Å². The number of hydrogen-bond donors (Lipinski definition) is 1. The highest BCUT2D eigenvalue weighted by Gasteiger charge is 2.32. The summed E-state index contributed by atoms with van der Waals surface area (Å²) < 4.78 is 29.9. The second-order valence-electron chi connectivity index (χ2n) is 10.1. The Morgan fingerprint density at radius 2 is 1.49 bits per heavy atom. The van der Waals surface area contributed by atoms with E-state index < -0.39 is 28.5 Å². The molecule has 3 aromatic rings. The predicted octanol–water partition coefficient (Wildman–Crippen LogP) is 5.51. The number of carbonyl (C=O) groups excluding carboxylic acids is 2. The topological polar surface area (TPSA) is 86.8 Å². The van der Waals surface area contributed by atoms with Crippen molar-refractivity contribution in [3.63, 3.8) is 0 Å². The fraction of sp³-hybridized carbons (Fsp3) is 0.333. The van der Waals surface area contributed by atoms with Crippen LogP contribution in [-0.2, 0) is 26.2 Å². The molecule has 0 bridgehead atoms. The highest BCUT2D eigenvalue weighted by Crippen LogP contribution is 2.27. The monoisotopic (exact) mass is 613 g/mol. The van der Waals surface area contributed by atoms with Gasteiger partial charge in [-0.2, -0.15) is 0 Å². The van der Waals surface area contributed by atoms with Gasteiger partial charge >= 0.3 is 0 Å². The first-order valence-corrected chi connectivity index (χ1v) is 15.0. The van der Waals surface area contributed by atoms with E-state index in [0.29, 0.717) is 5.69 Å². The molecule has 1 N–H and O–H groups in total. The van der Waals surface area contributed by atoms with Crippen LogP contribution in [0.2, 0.25) is 0 Å². The first-order chi connectivity index (χ1) is 18.3. The summed E-state index contributed by atoms with van der Waals surface area (Å²) in [6.45, 7) is 10.8. The SMILES string of the molecule is Cc1ccc(S(=O)(=O)N(CC(=O)N(Cc2ccc(Br)cc2)[C@@H](C)C(=O)NC(C)C)c2ccc(C)c(C)c2)cc1. The molecule has 0 aromatic heterocycles. The van der Waals surface area contributed by atoms with E-state index in [1.807, 2.05) is 65.0 Å². The maximum Gasteiger partial charge on any atom is 0.264 e. The zero-order chi connectivity index (χ0) is 28.9. The highest BCUT2D eigenvalue weighted by atomic mass is 79.9. The van der Waals surface area contributed by atoms with E-state index in [1.165, 1.54) is 4.90 Å². The van der Waals surface area contributed by atoms with Crippen LogP contribution < -0.4 is 9.62 Å². The summed E-state index contributed by atoms with van der Waals surface area (Å²) in [5, 5.41) is 2.86. The van der Waals surface area contributed by atoms with Crippen molar-refractivity contribution in [2.24, 2.45) is 0 Å². The van der Waals surface area contributed by atoms with Gasteiger partial charge in [0.1, 0.15) is 12.6 Å². The first-order valence-electron chi connectivity index (χ1n) is 12.8. The van der Waals surface area contributed by atoms with E-state index in [-0.39, 0.29) is 23.4 Å². The third-order valence-electron chi connectivity index (χ3n) is 6.53. The minimum absolute atomic E-state index is 0.0872. The molecule has 0 aliphatic heterocycles. The number of anilines is 1. The normalized spacial score (nSPS) is 12.2. The largest absolute Gasteiger partial charge is 0.352 e. The van der Waals surface area contributed by atoms with Gasteiger partial charge in [-0.25, -0.2) is 8.42 Å². The quantitative estimate of drug-likeness (QED) is 0.326. The first kappa shape index (κ1) is 30.4. The van der Waals surface area contributed by atoms with Gasteiger partial charge in [0.15, 0.2) is 0 Å². The molecule has 0 fully saturated rings. The van der Waals surface area contributed by atoms with Crippen molar-refractivity contribution in [1.82, 2.24) is 10.2 Å². The second-order valence-corrected chi connectivity index (χ2v) is 12.9. The van der Waals surface area contributed by atoms with E-state index in [2.05, 4.69) is 21.2 Å². The zero-order valence-corrected chi connectivity index (χ0v) is 25.6. The molecule has 0 radical (unpaired) electrons.